The zero-order chi connectivity index (χ0) is 26.7. The molecule has 0 saturated carbocycles. The number of carbonyl (C=O) groups is 1. The molecule has 0 aliphatic rings. The average Bonchev–Trinajstić information content (AvgIpc) is 3.37. The molecule has 0 N–H and O–H groups in total. The monoisotopic (exact) mass is 512 g/mol. The zero-order valence-electron chi connectivity index (χ0n) is 20.4. The molecule has 1 aromatic heterocycles. The maximum absolute atomic E-state index is 13.2. The molecule has 5 aromatic rings. The van der Waals surface area contributed by atoms with Gasteiger partial charge in [-0.2, -0.15) is 18.3 Å². The summed E-state index contributed by atoms with van der Waals surface area (Å²) in [6.07, 6.45) is -2.97. The van der Waals surface area contributed by atoms with E-state index in [2.05, 4.69) is 41.5 Å². The van der Waals surface area contributed by atoms with Crippen molar-refractivity contribution < 1.29 is 22.7 Å². The number of ether oxygens (including phenoxy) is 1. The number of benzene rings is 4. The van der Waals surface area contributed by atoms with Crippen molar-refractivity contribution in [1.29, 1.82) is 0 Å². The number of nitrogens with zero attached hydrogens (tertiary/aromatic N) is 2. The average molecular weight is 513 g/mol. The summed E-state index contributed by atoms with van der Waals surface area (Å²) in [5.74, 6) is -0.468. The molecule has 0 fully saturated rings. The second-order valence-electron chi connectivity index (χ2n) is 8.77. The quantitative estimate of drug-likeness (QED) is 0.220. The Kier molecular flexibility index (Phi) is 6.83. The van der Waals surface area contributed by atoms with Gasteiger partial charge in [-0.3, -0.25) is 4.79 Å². The van der Waals surface area contributed by atoms with Gasteiger partial charge in [0.25, 0.3) is 0 Å². The van der Waals surface area contributed by atoms with E-state index in [1.54, 1.807) is 6.20 Å². The smallest absolute Gasteiger partial charge is 0.416 e. The second-order valence-corrected chi connectivity index (χ2v) is 8.77. The van der Waals surface area contributed by atoms with Gasteiger partial charge in [0.15, 0.2) is 0 Å². The topological polar surface area (TPSA) is 44.1 Å². The van der Waals surface area contributed by atoms with Crippen molar-refractivity contribution in [3.05, 3.63) is 120 Å². The van der Waals surface area contributed by atoms with E-state index in [0.29, 0.717) is 11.3 Å². The summed E-state index contributed by atoms with van der Waals surface area (Å²) in [6.45, 7) is 0. The van der Waals surface area contributed by atoms with Crippen molar-refractivity contribution in [3.63, 3.8) is 0 Å². The van der Waals surface area contributed by atoms with E-state index in [4.69, 9.17) is 4.74 Å². The van der Waals surface area contributed by atoms with Crippen LogP contribution in [-0.4, -0.2) is 22.9 Å². The molecular weight excluding hydrogens is 489 g/mol. The Hall–Kier alpha value is -4.65. The Morgan fingerprint density at radius 1 is 0.763 bits per heavy atom. The fourth-order valence-electron chi connectivity index (χ4n) is 4.27. The Morgan fingerprint density at radius 3 is 1.87 bits per heavy atom. The van der Waals surface area contributed by atoms with Crippen LogP contribution in [-0.2, 0) is 22.1 Å². The predicted octanol–water partition coefficient (Wildman–Crippen LogP) is 7.61. The maximum Gasteiger partial charge on any atom is 0.416 e. The third-order valence-electron chi connectivity index (χ3n) is 6.27. The number of aromatic nitrogens is 2. The molecule has 0 amide bonds. The molecule has 7 heteroatoms. The minimum absolute atomic E-state index is 0.0620. The van der Waals surface area contributed by atoms with Gasteiger partial charge < -0.3 is 4.74 Å². The van der Waals surface area contributed by atoms with E-state index in [1.165, 1.54) is 23.9 Å². The maximum atomic E-state index is 13.2. The number of hydrogen-bond donors (Lipinski definition) is 0. The fourth-order valence-corrected chi connectivity index (χ4v) is 4.27. The highest BCUT2D eigenvalue weighted by Gasteiger charge is 2.30. The molecule has 190 valence electrons. The highest BCUT2D eigenvalue weighted by molar-refractivity contribution is 5.78. The molecule has 0 radical (unpaired) electrons. The molecule has 0 spiro atoms. The van der Waals surface area contributed by atoms with Gasteiger partial charge >= 0.3 is 12.1 Å². The van der Waals surface area contributed by atoms with Crippen LogP contribution in [0.4, 0.5) is 13.2 Å². The molecular formula is C31H23F3N2O2. The fraction of sp³-hybridized carbons (Fsp3) is 0.0968. The summed E-state index contributed by atoms with van der Waals surface area (Å²) in [4.78, 5) is 12.1. The Labute approximate surface area is 217 Å². The summed E-state index contributed by atoms with van der Waals surface area (Å²) < 4.78 is 45.9. The summed E-state index contributed by atoms with van der Waals surface area (Å²) in [6, 6.07) is 31.0. The third kappa shape index (κ3) is 5.37. The van der Waals surface area contributed by atoms with Crippen LogP contribution >= 0.6 is 0 Å². The van der Waals surface area contributed by atoms with Crippen LogP contribution in [0.2, 0.25) is 0 Å². The van der Waals surface area contributed by atoms with Gasteiger partial charge in [0, 0.05) is 17.3 Å². The van der Waals surface area contributed by atoms with Crippen LogP contribution in [0.1, 0.15) is 11.1 Å². The van der Waals surface area contributed by atoms with E-state index >= 15 is 0 Å². The lowest BCUT2D eigenvalue weighted by Gasteiger charge is -2.08. The molecule has 38 heavy (non-hydrogen) atoms. The molecule has 4 aromatic carbocycles. The highest BCUT2D eigenvalue weighted by Crippen LogP contribution is 2.32. The van der Waals surface area contributed by atoms with Gasteiger partial charge in [-0.25, -0.2) is 4.68 Å². The van der Waals surface area contributed by atoms with Crippen molar-refractivity contribution in [2.45, 2.75) is 12.6 Å². The lowest BCUT2D eigenvalue weighted by molar-refractivity contribution is -0.140. The van der Waals surface area contributed by atoms with E-state index in [1.807, 2.05) is 42.5 Å². The number of rotatable bonds is 6. The van der Waals surface area contributed by atoms with Crippen LogP contribution in [0.15, 0.2) is 109 Å². The minimum atomic E-state index is -4.48. The minimum Gasteiger partial charge on any atom is -0.469 e. The van der Waals surface area contributed by atoms with Crippen LogP contribution in [0, 0.1) is 0 Å². The zero-order valence-corrected chi connectivity index (χ0v) is 20.4. The molecule has 0 unspecified atom stereocenters. The van der Waals surface area contributed by atoms with Crippen LogP contribution in [0.3, 0.4) is 0 Å². The summed E-state index contributed by atoms with van der Waals surface area (Å²) in [7, 11) is 1.29. The van der Waals surface area contributed by atoms with Gasteiger partial charge in [-0.15, -0.1) is 0 Å². The van der Waals surface area contributed by atoms with Gasteiger partial charge in [-0.1, -0.05) is 84.9 Å². The van der Waals surface area contributed by atoms with Crippen molar-refractivity contribution >= 4 is 5.97 Å². The van der Waals surface area contributed by atoms with E-state index in [9.17, 15) is 18.0 Å². The first-order valence-corrected chi connectivity index (χ1v) is 11.9. The standard InChI is InChI=1S/C31H23F3N2O2/c1-38-29(37)18-26-20-36(28-9-5-8-27(19-28)31(32,33)34)35-30(26)25-16-14-24(15-17-25)23-12-10-22(11-13-23)21-6-3-2-4-7-21/h2-17,19-20H,18H2,1H3. The van der Waals surface area contributed by atoms with Gasteiger partial charge in [0.05, 0.1) is 30.5 Å². The molecule has 0 atom stereocenters. The van der Waals surface area contributed by atoms with Gasteiger partial charge in [-0.05, 0) is 40.5 Å². The van der Waals surface area contributed by atoms with Gasteiger partial charge in [0.2, 0.25) is 0 Å². The van der Waals surface area contributed by atoms with E-state index < -0.39 is 17.7 Å². The van der Waals surface area contributed by atoms with Gasteiger partial charge in [0.1, 0.15) is 0 Å². The van der Waals surface area contributed by atoms with E-state index in [0.717, 1.165) is 39.9 Å². The third-order valence-corrected chi connectivity index (χ3v) is 6.27. The number of methoxy groups -OCH3 is 1. The number of esters is 1. The molecule has 5 rings (SSSR count). The molecule has 0 bridgehead atoms. The lowest BCUT2D eigenvalue weighted by Crippen LogP contribution is -2.06. The van der Waals surface area contributed by atoms with Crippen LogP contribution < -0.4 is 0 Å². The van der Waals surface area contributed by atoms with Crippen molar-refractivity contribution in [2.75, 3.05) is 7.11 Å². The lowest BCUT2D eigenvalue weighted by atomic mass is 9.98. The number of halogens is 3. The largest absolute Gasteiger partial charge is 0.469 e. The molecule has 0 aliphatic carbocycles. The van der Waals surface area contributed by atoms with Crippen LogP contribution in [0.5, 0.6) is 0 Å². The SMILES string of the molecule is COC(=O)Cc1cn(-c2cccc(C(F)(F)F)c2)nc1-c1ccc(-c2ccc(-c3ccccc3)cc2)cc1. The molecule has 1 heterocycles. The first kappa shape index (κ1) is 25.0. The first-order chi connectivity index (χ1) is 18.3. The number of hydrogen-bond acceptors (Lipinski definition) is 3. The Morgan fingerprint density at radius 2 is 1.32 bits per heavy atom. The summed E-state index contributed by atoms with van der Waals surface area (Å²) >= 11 is 0. The predicted molar refractivity (Wildman–Crippen MR) is 141 cm³/mol. The summed E-state index contributed by atoms with van der Waals surface area (Å²) in [5.41, 5.74) is 5.56. The highest BCUT2D eigenvalue weighted by atomic mass is 19.4. The van der Waals surface area contributed by atoms with Crippen molar-refractivity contribution in [2.24, 2.45) is 0 Å². The molecule has 0 aliphatic heterocycles. The molecule has 0 saturated heterocycles. The molecule has 4 nitrogen and oxygen atoms in total. The van der Waals surface area contributed by atoms with E-state index in [-0.39, 0.29) is 12.1 Å². The van der Waals surface area contributed by atoms with Crippen LogP contribution in [0.25, 0.3) is 39.2 Å². The number of carbonyl (C=O) groups excluding carboxylic acids is 1. The summed E-state index contributed by atoms with van der Waals surface area (Å²) in [5, 5.41) is 4.55. The van der Waals surface area contributed by atoms with Crippen molar-refractivity contribution in [3.8, 4) is 39.2 Å². The Bertz CT molecular complexity index is 1560. The second kappa shape index (κ2) is 10.4. The first-order valence-electron chi connectivity index (χ1n) is 11.9. The number of alkyl halides is 3. The van der Waals surface area contributed by atoms with Crippen molar-refractivity contribution in [1.82, 2.24) is 9.78 Å². The normalized spacial score (nSPS) is 11.4. The Balaban J connectivity index is 1.46.